The number of Topliss-reactive ketones (excluding diaryl/α,β-unsaturated/α-hetero) is 1. The molecule has 6 heteroatoms. The maximum atomic E-state index is 13.5. The fourth-order valence-corrected chi connectivity index (χ4v) is 6.77. The van der Waals surface area contributed by atoms with Gasteiger partial charge in [-0.3, -0.25) is 14.4 Å². The fraction of sp³-hybridized carbons (Fsp3) is 0.355. The Morgan fingerprint density at radius 3 is 2.62 bits per heavy atom. The predicted molar refractivity (Wildman–Crippen MR) is 141 cm³/mol. The van der Waals surface area contributed by atoms with E-state index in [0.717, 1.165) is 16.7 Å². The summed E-state index contributed by atoms with van der Waals surface area (Å²) in [7, 11) is 0. The highest BCUT2D eigenvalue weighted by Crippen LogP contribution is 2.47. The van der Waals surface area contributed by atoms with Gasteiger partial charge in [-0.25, -0.2) is 4.98 Å². The SMILES string of the molecule is CCN1C(=O)[C@@H](CC(=O)c2ccc3c(c2)C[C@@]2(C3)C(=O)Nc3ncccc32)C[C@@H](c2ccccc2)[C@H]1C. The number of carbonyl (C=O) groups excluding carboxylic acids is 3. The largest absolute Gasteiger partial charge is 0.339 e. The molecule has 37 heavy (non-hydrogen) atoms. The Morgan fingerprint density at radius 2 is 1.84 bits per heavy atom. The maximum absolute atomic E-state index is 13.5. The standard InChI is InChI=1S/C31H31N3O3/c1-3-34-19(2)25(20-8-5-4-6-9-20)15-23(29(34)36)16-27(35)21-11-12-22-17-31(18-24(22)14-21)26-10-7-13-32-28(26)33-30(31)37/h4-14,19,23,25H,3,15-18H2,1-2H3,(H,32,33,37)/t19-,23-,25-,31-/m1/s1. The molecule has 6 nitrogen and oxygen atoms in total. The van der Waals surface area contributed by atoms with Crippen LogP contribution >= 0.6 is 0 Å². The molecule has 0 bridgehead atoms. The number of ketones is 1. The molecule has 3 heterocycles. The first-order valence-corrected chi connectivity index (χ1v) is 13.2. The number of rotatable bonds is 5. The third-order valence-electron chi connectivity index (χ3n) is 8.75. The van der Waals surface area contributed by atoms with E-state index in [1.165, 1.54) is 5.56 Å². The molecule has 0 unspecified atom stereocenters. The van der Waals surface area contributed by atoms with Crippen molar-refractivity contribution in [1.29, 1.82) is 0 Å². The van der Waals surface area contributed by atoms with Crippen LogP contribution in [0.25, 0.3) is 0 Å². The molecule has 0 saturated carbocycles. The van der Waals surface area contributed by atoms with E-state index in [4.69, 9.17) is 0 Å². The second kappa shape index (κ2) is 8.94. The number of benzene rings is 2. The molecule has 1 aromatic heterocycles. The number of carbonyl (C=O) groups is 3. The molecule has 3 aromatic rings. The van der Waals surface area contributed by atoms with E-state index in [1.807, 2.05) is 60.4 Å². The molecular weight excluding hydrogens is 462 g/mol. The topological polar surface area (TPSA) is 79.4 Å². The average molecular weight is 494 g/mol. The van der Waals surface area contributed by atoms with Gasteiger partial charge in [0.25, 0.3) is 0 Å². The normalized spacial score (nSPS) is 26.2. The second-order valence-electron chi connectivity index (χ2n) is 10.7. The summed E-state index contributed by atoms with van der Waals surface area (Å²) in [6.45, 7) is 4.75. The summed E-state index contributed by atoms with van der Waals surface area (Å²) in [5.74, 6) is 0.520. The Morgan fingerprint density at radius 1 is 1.05 bits per heavy atom. The molecule has 2 aliphatic heterocycles. The van der Waals surface area contributed by atoms with Gasteiger partial charge in [-0.1, -0.05) is 48.5 Å². The van der Waals surface area contributed by atoms with Gasteiger partial charge in [0.15, 0.2) is 5.78 Å². The number of fused-ring (bicyclic) bond motifs is 3. The lowest BCUT2D eigenvalue weighted by Gasteiger charge is -2.42. The van der Waals surface area contributed by atoms with E-state index in [0.29, 0.717) is 37.2 Å². The second-order valence-corrected chi connectivity index (χ2v) is 10.7. The molecule has 0 radical (unpaired) electrons. The van der Waals surface area contributed by atoms with Crippen LogP contribution in [0.2, 0.25) is 0 Å². The van der Waals surface area contributed by atoms with Crippen molar-refractivity contribution < 1.29 is 14.4 Å². The van der Waals surface area contributed by atoms with Crippen molar-refractivity contribution in [3.8, 4) is 0 Å². The number of likely N-dealkylation sites (tertiary alicyclic amines) is 1. The quantitative estimate of drug-likeness (QED) is 0.524. The van der Waals surface area contributed by atoms with E-state index in [2.05, 4.69) is 29.4 Å². The number of nitrogens with zero attached hydrogens (tertiary/aromatic N) is 2. The number of anilines is 1. The molecule has 1 N–H and O–H groups in total. The number of pyridine rings is 1. The van der Waals surface area contributed by atoms with Crippen LogP contribution in [0, 0.1) is 5.92 Å². The van der Waals surface area contributed by atoms with E-state index in [-0.39, 0.29) is 41.9 Å². The van der Waals surface area contributed by atoms with Gasteiger partial charge in [0, 0.05) is 48.2 Å². The molecule has 2 aromatic carbocycles. The first kappa shape index (κ1) is 23.6. The minimum atomic E-state index is -0.659. The number of nitrogens with one attached hydrogen (secondary N) is 1. The van der Waals surface area contributed by atoms with Crippen LogP contribution < -0.4 is 5.32 Å². The Hall–Kier alpha value is -3.80. The molecule has 1 saturated heterocycles. The van der Waals surface area contributed by atoms with Crippen LogP contribution in [0.1, 0.15) is 65.2 Å². The van der Waals surface area contributed by atoms with Gasteiger partial charge in [0.1, 0.15) is 5.82 Å². The Balaban J connectivity index is 1.23. The number of aromatic nitrogens is 1. The van der Waals surface area contributed by atoms with Crippen LogP contribution in [-0.4, -0.2) is 40.1 Å². The maximum Gasteiger partial charge on any atom is 0.237 e. The lowest BCUT2D eigenvalue weighted by Crippen LogP contribution is -2.50. The Labute approximate surface area is 217 Å². The molecule has 188 valence electrons. The molecule has 2 amide bonds. The van der Waals surface area contributed by atoms with Gasteiger partial charge in [-0.2, -0.15) is 0 Å². The average Bonchev–Trinajstić information content (AvgIpc) is 3.43. The first-order valence-electron chi connectivity index (χ1n) is 13.2. The van der Waals surface area contributed by atoms with Crippen LogP contribution in [0.15, 0.2) is 66.9 Å². The summed E-state index contributed by atoms with van der Waals surface area (Å²) in [5, 5.41) is 2.93. The Bertz CT molecular complexity index is 1400. The zero-order valence-electron chi connectivity index (χ0n) is 21.2. The summed E-state index contributed by atoms with van der Waals surface area (Å²) in [5.41, 5.74) is 4.22. The van der Waals surface area contributed by atoms with Gasteiger partial charge >= 0.3 is 0 Å². The van der Waals surface area contributed by atoms with Gasteiger partial charge in [0.05, 0.1) is 5.41 Å². The van der Waals surface area contributed by atoms with Crippen molar-refractivity contribution >= 4 is 23.4 Å². The summed E-state index contributed by atoms with van der Waals surface area (Å²) in [4.78, 5) is 46.1. The highest BCUT2D eigenvalue weighted by molar-refractivity contribution is 6.06. The van der Waals surface area contributed by atoms with E-state index in [9.17, 15) is 14.4 Å². The number of piperidine rings is 1. The monoisotopic (exact) mass is 493 g/mol. The molecule has 1 fully saturated rings. The van der Waals surface area contributed by atoms with E-state index in [1.54, 1.807) is 6.20 Å². The summed E-state index contributed by atoms with van der Waals surface area (Å²) >= 11 is 0. The van der Waals surface area contributed by atoms with Crippen molar-refractivity contribution in [2.75, 3.05) is 11.9 Å². The third-order valence-corrected chi connectivity index (χ3v) is 8.75. The minimum Gasteiger partial charge on any atom is -0.339 e. The number of hydrogen-bond donors (Lipinski definition) is 1. The highest BCUT2D eigenvalue weighted by atomic mass is 16.2. The molecule has 6 rings (SSSR count). The van der Waals surface area contributed by atoms with Crippen LogP contribution in [0.4, 0.5) is 5.82 Å². The van der Waals surface area contributed by atoms with E-state index >= 15 is 0 Å². The highest BCUT2D eigenvalue weighted by Gasteiger charge is 2.51. The van der Waals surface area contributed by atoms with Gasteiger partial charge < -0.3 is 10.2 Å². The van der Waals surface area contributed by atoms with Gasteiger partial charge in [-0.05, 0) is 61.9 Å². The number of hydrogen-bond acceptors (Lipinski definition) is 4. The summed E-state index contributed by atoms with van der Waals surface area (Å²) in [6.07, 6.45) is 3.71. The molecule has 4 atom stereocenters. The molecular formula is C31H31N3O3. The zero-order chi connectivity index (χ0) is 25.7. The van der Waals surface area contributed by atoms with Crippen LogP contribution in [0.5, 0.6) is 0 Å². The van der Waals surface area contributed by atoms with Crippen molar-refractivity contribution in [2.24, 2.45) is 5.92 Å². The fourth-order valence-electron chi connectivity index (χ4n) is 6.77. The van der Waals surface area contributed by atoms with E-state index < -0.39 is 5.41 Å². The van der Waals surface area contributed by atoms with Crippen LogP contribution in [-0.2, 0) is 27.8 Å². The van der Waals surface area contributed by atoms with Crippen molar-refractivity contribution in [3.63, 3.8) is 0 Å². The minimum absolute atomic E-state index is 0.0162. The third kappa shape index (κ3) is 3.78. The lowest BCUT2D eigenvalue weighted by atomic mass is 9.77. The number of likely N-dealkylation sites (N-methyl/N-ethyl adjacent to an activating group) is 1. The zero-order valence-corrected chi connectivity index (χ0v) is 21.2. The summed E-state index contributed by atoms with van der Waals surface area (Å²) < 4.78 is 0. The van der Waals surface area contributed by atoms with Gasteiger partial charge in [0.2, 0.25) is 11.8 Å². The van der Waals surface area contributed by atoms with Crippen molar-refractivity contribution in [3.05, 3.63) is 94.7 Å². The molecule has 1 aliphatic carbocycles. The smallest absolute Gasteiger partial charge is 0.237 e. The molecule has 3 aliphatic rings. The van der Waals surface area contributed by atoms with Crippen molar-refractivity contribution in [1.82, 2.24) is 9.88 Å². The predicted octanol–water partition coefficient (Wildman–Crippen LogP) is 4.68. The van der Waals surface area contributed by atoms with Crippen LogP contribution in [0.3, 0.4) is 0 Å². The summed E-state index contributed by atoms with van der Waals surface area (Å²) in [6, 6.07) is 20.0. The first-order chi connectivity index (χ1) is 17.9. The van der Waals surface area contributed by atoms with Crippen molar-refractivity contribution in [2.45, 2.75) is 56.9 Å². The van der Waals surface area contributed by atoms with Gasteiger partial charge in [-0.15, -0.1) is 0 Å². The Kier molecular flexibility index (Phi) is 5.70. The lowest BCUT2D eigenvalue weighted by molar-refractivity contribution is -0.142. The molecule has 1 spiro atoms. The number of amides is 2.